The van der Waals surface area contributed by atoms with Gasteiger partial charge in [0.05, 0.1) is 6.07 Å². The standard InChI is InChI=1S/C13H16N4S/c14-8-13(10-2-3-10,17-11-4-5-11)9-18-12-15-6-1-7-16-12/h1,6-7,10-11,17H,2-5,9H2. The second kappa shape index (κ2) is 4.87. The van der Waals surface area contributed by atoms with E-state index >= 15 is 0 Å². The number of hydrogen-bond donors (Lipinski definition) is 1. The molecule has 1 aromatic rings. The molecule has 0 bridgehead atoms. The highest BCUT2D eigenvalue weighted by atomic mass is 32.2. The molecule has 0 aromatic carbocycles. The summed E-state index contributed by atoms with van der Waals surface area (Å²) in [4.78, 5) is 8.41. The Morgan fingerprint density at radius 1 is 1.33 bits per heavy atom. The predicted molar refractivity (Wildman–Crippen MR) is 70.0 cm³/mol. The van der Waals surface area contributed by atoms with Crippen molar-refractivity contribution in [1.82, 2.24) is 15.3 Å². The normalized spacial score (nSPS) is 22.2. The molecule has 94 valence electrons. The van der Waals surface area contributed by atoms with Crippen LogP contribution < -0.4 is 5.32 Å². The first-order valence-electron chi connectivity index (χ1n) is 6.41. The zero-order valence-electron chi connectivity index (χ0n) is 10.2. The van der Waals surface area contributed by atoms with E-state index in [0.717, 1.165) is 10.9 Å². The number of nitriles is 1. The summed E-state index contributed by atoms with van der Waals surface area (Å²) in [6.45, 7) is 0. The molecular formula is C13H16N4S. The molecule has 4 nitrogen and oxygen atoms in total. The summed E-state index contributed by atoms with van der Waals surface area (Å²) in [5.41, 5.74) is -0.370. The summed E-state index contributed by atoms with van der Waals surface area (Å²) in [5, 5.41) is 13.9. The second-order valence-electron chi connectivity index (χ2n) is 5.10. The van der Waals surface area contributed by atoms with Crippen molar-refractivity contribution in [1.29, 1.82) is 5.26 Å². The molecule has 0 radical (unpaired) electrons. The van der Waals surface area contributed by atoms with E-state index in [-0.39, 0.29) is 5.54 Å². The Labute approximate surface area is 111 Å². The Morgan fingerprint density at radius 2 is 2.06 bits per heavy atom. The van der Waals surface area contributed by atoms with Gasteiger partial charge in [-0.1, -0.05) is 11.8 Å². The van der Waals surface area contributed by atoms with Crippen molar-refractivity contribution in [2.24, 2.45) is 5.92 Å². The van der Waals surface area contributed by atoms with Crippen molar-refractivity contribution in [2.75, 3.05) is 5.75 Å². The fourth-order valence-electron chi connectivity index (χ4n) is 2.14. The summed E-state index contributed by atoms with van der Waals surface area (Å²) in [6, 6.07) is 4.90. The van der Waals surface area contributed by atoms with Gasteiger partial charge in [-0.15, -0.1) is 0 Å². The van der Waals surface area contributed by atoms with Crippen molar-refractivity contribution >= 4 is 11.8 Å². The number of nitrogens with zero attached hydrogens (tertiary/aromatic N) is 3. The Bertz CT molecular complexity index is 450. The monoisotopic (exact) mass is 260 g/mol. The van der Waals surface area contributed by atoms with Gasteiger partial charge in [-0.05, 0) is 37.7 Å². The van der Waals surface area contributed by atoms with Gasteiger partial charge in [0.25, 0.3) is 0 Å². The van der Waals surface area contributed by atoms with Crippen molar-refractivity contribution in [3.8, 4) is 6.07 Å². The predicted octanol–water partition coefficient (Wildman–Crippen LogP) is 1.99. The van der Waals surface area contributed by atoms with Crippen LogP contribution in [0.5, 0.6) is 0 Å². The minimum atomic E-state index is -0.370. The molecule has 0 spiro atoms. The fraction of sp³-hybridized carbons (Fsp3) is 0.615. The Balaban J connectivity index is 1.67. The molecule has 1 heterocycles. The zero-order valence-corrected chi connectivity index (χ0v) is 11.0. The van der Waals surface area contributed by atoms with Gasteiger partial charge in [0.1, 0.15) is 5.54 Å². The van der Waals surface area contributed by atoms with Gasteiger partial charge >= 0.3 is 0 Å². The van der Waals surface area contributed by atoms with Gasteiger partial charge in [0.15, 0.2) is 5.16 Å². The summed E-state index contributed by atoms with van der Waals surface area (Å²) in [6.07, 6.45) is 8.25. The van der Waals surface area contributed by atoms with E-state index in [0.29, 0.717) is 12.0 Å². The molecule has 0 amide bonds. The maximum atomic E-state index is 9.57. The molecule has 2 aliphatic carbocycles. The van der Waals surface area contributed by atoms with E-state index in [1.807, 2.05) is 6.07 Å². The van der Waals surface area contributed by atoms with Crippen LogP contribution in [0.15, 0.2) is 23.6 Å². The van der Waals surface area contributed by atoms with Gasteiger partial charge in [-0.2, -0.15) is 5.26 Å². The number of nitrogens with one attached hydrogen (secondary N) is 1. The van der Waals surface area contributed by atoms with Crippen LogP contribution in [0.1, 0.15) is 25.7 Å². The van der Waals surface area contributed by atoms with Gasteiger partial charge < -0.3 is 0 Å². The van der Waals surface area contributed by atoms with Crippen LogP contribution in [0.4, 0.5) is 0 Å². The maximum Gasteiger partial charge on any atom is 0.187 e. The summed E-state index contributed by atoms with van der Waals surface area (Å²) >= 11 is 1.58. The third kappa shape index (κ3) is 2.65. The van der Waals surface area contributed by atoms with Crippen LogP contribution in [0, 0.1) is 17.2 Å². The summed E-state index contributed by atoms with van der Waals surface area (Å²) < 4.78 is 0. The molecule has 5 heteroatoms. The average molecular weight is 260 g/mol. The highest BCUT2D eigenvalue weighted by Gasteiger charge is 2.48. The van der Waals surface area contributed by atoms with E-state index in [9.17, 15) is 5.26 Å². The van der Waals surface area contributed by atoms with Crippen molar-refractivity contribution in [3.05, 3.63) is 18.5 Å². The lowest BCUT2D eigenvalue weighted by molar-refractivity contribution is 0.401. The highest BCUT2D eigenvalue weighted by molar-refractivity contribution is 7.99. The largest absolute Gasteiger partial charge is 0.296 e. The molecule has 1 unspecified atom stereocenters. The lowest BCUT2D eigenvalue weighted by Crippen LogP contribution is -2.49. The third-order valence-corrected chi connectivity index (χ3v) is 4.55. The van der Waals surface area contributed by atoms with E-state index in [1.165, 1.54) is 25.7 Å². The molecule has 3 rings (SSSR count). The molecular weight excluding hydrogens is 244 g/mol. The Kier molecular flexibility index (Phi) is 3.23. The Morgan fingerprint density at radius 3 is 2.61 bits per heavy atom. The SMILES string of the molecule is N#CC(CSc1ncccn1)(NC1CC1)C1CC1. The second-order valence-corrected chi connectivity index (χ2v) is 6.04. The molecule has 1 N–H and O–H groups in total. The number of rotatable bonds is 6. The molecule has 1 aromatic heterocycles. The van der Waals surface area contributed by atoms with Crippen LogP contribution in [0.2, 0.25) is 0 Å². The zero-order chi connectivity index (χ0) is 12.4. The van der Waals surface area contributed by atoms with Crippen molar-refractivity contribution in [3.63, 3.8) is 0 Å². The van der Waals surface area contributed by atoms with Crippen LogP contribution in [0.25, 0.3) is 0 Å². The molecule has 0 aliphatic heterocycles. The van der Waals surface area contributed by atoms with Gasteiger partial charge in [-0.25, -0.2) is 9.97 Å². The van der Waals surface area contributed by atoms with Gasteiger partial charge in [-0.3, -0.25) is 5.32 Å². The molecule has 2 aliphatic rings. The van der Waals surface area contributed by atoms with E-state index in [2.05, 4.69) is 21.4 Å². The highest BCUT2D eigenvalue weighted by Crippen LogP contribution is 2.43. The first kappa shape index (κ1) is 11.9. The molecule has 0 saturated heterocycles. The number of hydrogen-bond acceptors (Lipinski definition) is 5. The number of thioether (sulfide) groups is 1. The molecule has 1 atom stereocenters. The lowest BCUT2D eigenvalue weighted by Gasteiger charge is -2.27. The number of aromatic nitrogens is 2. The van der Waals surface area contributed by atoms with Crippen LogP contribution >= 0.6 is 11.8 Å². The first-order valence-corrected chi connectivity index (χ1v) is 7.40. The third-order valence-electron chi connectivity index (χ3n) is 3.48. The lowest BCUT2D eigenvalue weighted by atomic mass is 9.97. The fourth-order valence-corrected chi connectivity index (χ4v) is 3.15. The Hall–Kier alpha value is -1.12. The maximum absolute atomic E-state index is 9.57. The quantitative estimate of drug-likeness (QED) is 0.626. The van der Waals surface area contributed by atoms with Gasteiger partial charge in [0, 0.05) is 24.2 Å². The average Bonchev–Trinajstić information content (AvgIpc) is 3.28. The minimum Gasteiger partial charge on any atom is -0.296 e. The van der Waals surface area contributed by atoms with E-state index in [1.54, 1.807) is 24.2 Å². The summed E-state index contributed by atoms with van der Waals surface area (Å²) in [7, 11) is 0. The van der Waals surface area contributed by atoms with Crippen LogP contribution in [-0.4, -0.2) is 27.3 Å². The van der Waals surface area contributed by atoms with E-state index in [4.69, 9.17) is 0 Å². The molecule has 18 heavy (non-hydrogen) atoms. The van der Waals surface area contributed by atoms with Crippen molar-refractivity contribution < 1.29 is 0 Å². The van der Waals surface area contributed by atoms with E-state index < -0.39 is 0 Å². The van der Waals surface area contributed by atoms with Crippen molar-refractivity contribution in [2.45, 2.75) is 42.4 Å². The summed E-state index contributed by atoms with van der Waals surface area (Å²) in [5.74, 6) is 1.26. The van der Waals surface area contributed by atoms with Gasteiger partial charge in [0.2, 0.25) is 0 Å². The van der Waals surface area contributed by atoms with Crippen LogP contribution in [0.3, 0.4) is 0 Å². The minimum absolute atomic E-state index is 0.370. The topological polar surface area (TPSA) is 61.6 Å². The van der Waals surface area contributed by atoms with Crippen LogP contribution in [-0.2, 0) is 0 Å². The first-order chi connectivity index (χ1) is 8.82. The molecule has 2 saturated carbocycles. The smallest absolute Gasteiger partial charge is 0.187 e. The molecule has 2 fully saturated rings.